The Balaban J connectivity index is -0.000000919. The molecule has 6 heteroatoms. The molecular formula is C17H35NO3S2. The van der Waals surface area contributed by atoms with E-state index in [-0.39, 0.29) is 18.0 Å². The van der Waals surface area contributed by atoms with Crippen molar-refractivity contribution in [2.24, 2.45) is 0 Å². The number of ether oxygens (including phenoxy) is 2. The molecule has 23 heavy (non-hydrogen) atoms. The molecule has 0 radical (unpaired) electrons. The third-order valence-electron chi connectivity index (χ3n) is 1.98. The van der Waals surface area contributed by atoms with Crippen LogP contribution in [0, 0.1) is 11.8 Å². The van der Waals surface area contributed by atoms with Gasteiger partial charge >= 0.3 is 0 Å². The topological polar surface area (TPSA) is 47.6 Å². The highest BCUT2D eigenvalue weighted by Crippen LogP contribution is 2.26. The first-order valence-corrected chi connectivity index (χ1v) is 11.0. The number of hydrogen-bond donors (Lipinski definition) is 1. The number of carbonyl (C=O) groups is 1. The van der Waals surface area contributed by atoms with Gasteiger partial charge in [0.1, 0.15) is 12.0 Å². The third kappa shape index (κ3) is 24.0. The molecule has 1 atom stereocenters. The fourth-order valence-electron chi connectivity index (χ4n) is 1.11. The molecule has 0 bridgehead atoms. The standard InChI is InChI=1S/C13H23NO3S2.2C2H6/c1-4-6-7-8-14-12(15)11-16-9-10-17-13(5-2)19-18-3;2*1-2/h13H,4-5,8-11H2,1-3H3,(H,14,15);2*1-2H3. The van der Waals surface area contributed by atoms with E-state index in [2.05, 4.69) is 24.1 Å². The lowest BCUT2D eigenvalue weighted by Gasteiger charge is -2.13. The quantitative estimate of drug-likeness (QED) is 0.270. The first-order chi connectivity index (χ1) is 11.2. The molecule has 0 aliphatic rings. The SMILES string of the molecule is CC.CC.CCC#CCNC(=O)COCCOC(CC)SSC. The summed E-state index contributed by atoms with van der Waals surface area (Å²) in [6.45, 7) is 13.4. The molecule has 0 rings (SSSR count). The predicted octanol–water partition coefficient (Wildman–Crippen LogP) is 4.35. The Labute approximate surface area is 151 Å². The average molecular weight is 366 g/mol. The van der Waals surface area contributed by atoms with Crippen molar-refractivity contribution in [3.05, 3.63) is 0 Å². The number of carbonyl (C=O) groups excluding carboxylic acids is 1. The first-order valence-electron chi connectivity index (χ1n) is 8.35. The van der Waals surface area contributed by atoms with Crippen molar-refractivity contribution in [3.63, 3.8) is 0 Å². The van der Waals surface area contributed by atoms with Crippen LogP contribution in [0.5, 0.6) is 0 Å². The van der Waals surface area contributed by atoms with Crippen LogP contribution < -0.4 is 5.32 Å². The normalized spacial score (nSPS) is 10.0. The Hall–Kier alpha value is -0.350. The largest absolute Gasteiger partial charge is 0.369 e. The summed E-state index contributed by atoms with van der Waals surface area (Å²) < 4.78 is 10.8. The van der Waals surface area contributed by atoms with E-state index in [1.807, 2.05) is 40.9 Å². The van der Waals surface area contributed by atoms with Crippen LogP contribution in [0.25, 0.3) is 0 Å². The summed E-state index contributed by atoms with van der Waals surface area (Å²) in [6.07, 6.45) is 3.79. The Morgan fingerprint density at radius 2 is 1.78 bits per heavy atom. The zero-order chi connectivity index (χ0) is 18.3. The van der Waals surface area contributed by atoms with Gasteiger partial charge < -0.3 is 14.8 Å². The van der Waals surface area contributed by atoms with E-state index in [4.69, 9.17) is 9.47 Å². The maximum absolute atomic E-state index is 11.3. The highest BCUT2D eigenvalue weighted by Gasteiger charge is 2.06. The molecule has 0 aliphatic carbocycles. The van der Waals surface area contributed by atoms with Crippen molar-refractivity contribution in [2.75, 3.05) is 32.6 Å². The molecule has 4 nitrogen and oxygen atoms in total. The van der Waals surface area contributed by atoms with Gasteiger partial charge in [-0.05, 0) is 12.7 Å². The van der Waals surface area contributed by atoms with Crippen LogP contribution >= 0.6 is 21.6 Å². The van der Waals surface area contributed by atoms with Gasteiger partial charge in [0, 0.05) is 6.42 Å². The Bertz CT molecular complexity index is 291. The summed E-state index contributed by atoms with van der Waals surface area (Å²) in [5.41, 5.74) is 0.191. The van der Waals surface area contributed by atoms with Crippen LogP contribution in [-0.2, 0) is 14.3 Å². The molecule has 0 fully saturated rings. The number of nitrogens with one attached hydrogen (secondary N) is 1. The lowest BCUT2D eigenvalue weighted by Crippen LogP contribution is -2.28. The monoisotopic (exact) mass is 365 g/mol. The van der Waals surface area contributed by atoms with Crippen molar-refractivity contribution in [2.45, 2.75) is 59.8 Å². The minimum atomic E-state index is -0.143. The lowest BCUT2D eigenvalue weighted by molar-refractivity contribution is -0.126. The maximum atomic E-state index is 11.3. The summed E-state index contributed by atoms with van der Waals surface area (Å²) in [5, 5.41) is 2.66. The highest BCUT2D eigenvalue weighted by atomic mass is 33.1. The van der Waals surface area contributed by atoms with E-state index in [1.165, 1.54) is 0 Å². The zero-order valence-electron chi connectivity index (χ0n) is 15.9. The van der Waals surface area contributed by atoms with E-state index in [0.717, 1.165) is 12.8 Å². The molecule has 1 N–H and O–H groups in total. The van der Waals surface area contributed by atoms with E-state index in [9.17, 15) is 4.79 Å². The second-order valence-corrected chi connectivity index (χ2v) is 6.14. The van der Waals surface area contributed by atoms with Crippen LogP contribution in [0.1, 0.15) is 54.4 Å². The fourth-order valence-corrected chi connectivity index (χ4v) is 2.83. The van der Waals surface area contributed by atoms with Crippen LogP contribution in [0.2, 0.25) is 0 Å². The van der Waals surface area contributed by atoms with Crippen LogP contribution in [-0.4, -0.2) is 44.0 Å². The minimum Gasteiger partial charge on any atom is -0.369 e. The molecule has 0 saturated carbocycles. The number of rotatable bonds is 10. The van der Waals surface area contributed by atoms with Gasteiger partial charge in [0.15, 0.2) is 0 Å². The molecule has 0 aliphatic heterocycles. The van der Waals surface area contributed by atoms with E-state index in [1.54, 1.807) is 21.6 Å². The number of hydrogen-bond acceptors (Lipinski definition) is 5. The number of amides is 1. The van der Waals surface area contributed by atoms with Crippen LogP contribution in [0.3, 0.4) is 0 Å². The molecular weight excluding hydrogens is 330 g/mol. The molecule has 138 valence electrons. The van der Waals surface area contributed by atoms with E-state index < -0.39 is 0 Å². The summed E-state index contributed by atoms with van der Waals surface area (Å²) in [4.78, 5) is 11.3. The van der Waals surface area contributed by atoms with Gasteiger partial charge in [-0.15, -0.1) is 5.92 Å². The van der Waals surface area contributed by atoms with Crippen molar-refractivity contribution < 1.29 is 14.3 Å². The second-order valence-electron chi connectivity index (χ2n) is 3.51. The smallest absolute Gasteiger partial charge is 0.246 e. The van der Waals surface area contributed by atoms with Crippen molar-refractivity contribution in [3.8, 4) is 11.8 Å². The summed E-state index contributed by atoms with van der Waals surface area (Å²) in [7, 11) is 3.39. The summed E-state index contributed by atoms with van der Waals surface area (Å²) in [5.74, 6) is 5.58. The molecule has 0 aromatic heterocycles. The summed E-state index contributed by atoms with van der Waals surface area (Å²) >= 11 is 0. The van der Waals surface area contributed by atoms with E-state index in [0.29, 0.717) is 19.8 Å². The summed E-state index contributed by atoms with van der Waals surface area (Å²) in [6, 6.07) is 0. The highest BCUT2D eigenvalue weighted by molar-refractivity contribution is 8.76. The van der Waals surface area contributed by atoms with Crippen molar-refractivity contribution in [1.82, 2.24) is 5.32 Å². The van der Waals surface area contributed by atoms with Crippen molar-refractivity contribution in [1.29, 1.82) is 0 Å². The lowest BCUT2D eigenvalue weighted by atomic mass is 10.4. The van der Waals surface area contributed by atoms with Crippen molar-refractivity contribution >= 4 is 27.5 Å². The molecule has 0 saturated heterocycles. The average Bonchev–Trinajstić information content (AvgIpc) is 2.61. The molecule has 0 aromatic carbocycles. The zero-order valence-corrected chi connectivity index (χ0v) is 17.5. The molecule has 0 spiro atoms. The fraction of sp³-hybridized carbons (Fsp3) is 0.824. The molecule has 1 unspecified atom stereocenters. The Morgan fingerprint density at radius 1 is 1.13 bits per heavy atom. The van der Waals surface area contributed by atoms with Gasteiger partial charge in [-0.2, -0.15) is 0 Å². The van der Waals surface area contributed by atoms with Gasteiger partial charge in [0.05, 0.1) is 19.8 Å². The maximum Gasteiger partial charge on any atom is 0.246 e. The molecule has 1 amide bonds. The predicted molar refractivity (Wildman–Crippen MR) is 106 cm³/mol. The van der Waals surface area contributed by atoms with Gasteiger partial charge in [-0.25, -0.2) is 0 Å². The van der Waals surface area contributed by atoms with E-state index >= 15 is 0 Å². The molecule has 0 heterocycles. The Morgan fingerprint density at radius 3 is 2.30 bits per heavy atom. The minimum absolute atomic E-state index is 0.0592. The van der Waals surface area contributed by atoms with Gasteiger partial charge in [0.2, 0.25) is 5.91 Å². The van der Waals surface area contributed by atoms with Crippen LogP contribution in [0.15, 0.2) is 0 Å². The Kier molecular flexibility index (Phi) is 31.7. The first kappa shape index (κ1) is 27.5. The van der Waals surface area contributed by atoms with Gasteiger partial charge in [-0.3, -0.25) is 4.79 Å². The van der Waals surface area contributed by atoms with Gasteiger partial charge in [0.25, 0.3) is 0 Å². The third-order valence-corrected chi connectivity index (χ3v) is 4.07. The second kappa shape index (κ2) is 26.5. The van der Waals surface area contributed by atoms with Gasteiger partial charge in [-0.1, -0.05) is 69.1 Å². The molecule has 0 aromatic rings. The van der Waals surface area contributed by atoms with Crippen LogP contribution in [0.4, 0.5) is 0 Å².